The molecular weight excluding hydrogens is 106 g/mol. The van der Waals surface area contributed by atoms with Crippen LogP contribution >= 0.6 is 0 Å². The summed E-state index contributed by atoms with van der Waals surface area (Å²) < 4.78 is 4.97. The predicted molar refractivity (Wildman–Crippen MR) is 28.4 cm³/mol. The molecule has 0 aliphatic carbocycles. The second-order valence-electron chi connectivity index (χ2n) is 1.88. The molecule has 0 aromatic heterocycles. The first-order valence-corrected chi connectivity index (χ1v) is 2.62. The highest BCUT2D eigenvalue weighted by molar-refractivity contribution is 5.55. The summed E-state index contributed by atoms with van der Waals surface area (Å²) in [6.45, 7) is 1.54. The van der Waals surface area contributed by atoms with Gasteiger partial charge in [0.15, 0.2) is 12.5 Å². The first kappa shape index (κ1) is 5.72. The van der Waals surface area contributed by atoms with Crippen LogP contribution in [0.5, 0.6) is 0 Å². The Morgan fingerprint density at radius 3 is 2.88 bits per heavy atom. The van der Waals surface area contributed by atoms with Gasteiger partial charge in [-0.25, -0.2) is 0 Å². The molecule has 0 saturated carbocycles. The third kappa shape index (κ3) is 0.877. The van der Waals surface area contributed by atoms with E-state index in [2.05, 4.69) is 0 Å². The molecule has 1 rings (SSSR count). The van der Waals surface area contributed by atoms with Gasteiger partial charge in [0.05, 0.1) is 6.61 Å². The van der Waals surface area contributed by atoms with Crippen molar-refractivity contribution in [3.8, 4) is 0 Å². The SMILES string of the molecule is CN1CCO[C@H]1C=O. The summed E-state index contributed by atoms with van der Waals surface area (Å²) in [7, 11) is 1.87. The molecular formula is C5H9NO2. The zero-order chi connectivity index (χ0) is 5.98. The molecule has 1 saturated heterocycles. The van der Waals surface area contributed by atoms with Crippen molar-refractivity contribution in [2.45, 2.75) is 6.23 Å². The van der Waals surface area contributed by atoms with Crippen LogP contribution in [-0.2, 0) is 9.53 Å². The number of ether oxygens (including phenoxy) is 1. The molecule has 3 heteroatoms. The van der Waals surface area contributed by atoms with Crippen LogP contribution in [0.25, 0.3) is 0 Å². The molecule has 0 aromatic carbocycles. The number of likely N-dealkylation sites (N-methyl/N-ethyl adjacent to an activating group) is 1. The molecule has 0 bridgehead atoms. The lowest BCUT2D eigenvalue weighted by Crippen LogP contribution is -2.26. The zero-order valence-electron chi connectivity index (χ0n) is 4.83. The molecule has 8 heavy (non-hydrogen) atoms. The van der Waals surface area contributed by atoms with Crippen LogP contribution in [0.15, 0.2) is 0 Å². The van der Waals surface area contributed by atoms with E-state index in [-0.39, 0.29) is 6.23 Å². The summed E-state index contributed by atoms with van der Waals surface area (Å²) in [5.41, 5.74) is 0. The van der Waals surface area contributed by atoms with Crippen molar-refractivity contribution < 1.29 is 9.53 Å². The van der Waals surface area contributed by atoms with Crippen LogP contribution in [0, 0.1) is 0 Å². The van der Waals surface area contributed by atoms with Crippen molar-refractivity contribution in [1.82, 2.24) is 4.90 Å². The van der Waals surface area contributed by atoms with Crippen LogP contribution in [-0.4, -0.2) is 37.6 Å². The fourth-order valence-electron chi connectivity index (χ4n) is 0.715. The van der Waals surface area contributed by atoms with Gasteiger partial charge in [-0.2, -0.15) is 0 Å². The summed E-state index contributed by atoms with van der Waals surface area (Å²) >= 11 is 0. The van der Waals surface area contributed by atoms with Crippen LogP contribution in [0.1, 0.15) is 0 Å². The minimum Gasteiger partial charge on any atom is -0.355 e. The number of hydrogen-bond donors (Lipinski definition) is 0. The number of aldehydes is 1. The standard InChI is InChI=1S/C5H9NO2/c1-6-2-3-8-5(6)4-7/h4-5H,2-3H2,1H3/t5-/m0/s1. The number of nitrogens with zero attached hydrogens (tertiary/aromatic N) is 1. The largest absolute Gasteiger partial charge is 0.355 e. The van der Waals surface area contributed by atoms with Gasteiger partial charge in [0.2, 0.25) is 0 Å². The Balaban J connectivity index is 2.41. The average Bonchev–Trinajstić information content (AvgIpc) is 2.14. The topological polar surface area (TPSA) is 29.5 Å². The molecule has 0 N–H and O–H groups in total. The highest BCUT2D eigenvalue weighted by Gasteiger charge is 2.19. The molecule has 1 aliphatic heterocycles. The fraction of sp³-hybridized carbons (Fsp3) is 0.800. The molecule has 1 heterocycles. The molecule has 0 unspecified atom stereocenters. The maximum absolute atomic E-state index is 10.1. The second kappa shape index (κ2) is 2.24. The van der Waals surface area contributed by atoms with E-state index in [1.807, 2.05) is 11.9 Å². The van der Waals surface area contributed by atoms with Gasteiger partial charge in [0, 0.05) is 6.54 Å². The van der Waals surface area contributed by atoms with Crippen LogP contribution in [0.2, 0.25) is 0 Å². The van der Waals surface area contributed by atoms with Gasteiger partial charge in [0.1, 0.15) is 0 Å². The van der Waals surface area contributed by atoms with Gasteiger partial charge in [-0.3, -0.25) is 9.69 Å². The Hall–Kier alpha value is -0.410. The highest BCUT2D eigenvalue weighted by atomic mass is 16.5. The lowest BCUT2D eigenvalue weighted by molar-refractivity contribution is -0.120. The Labute approximate surface area is 48.2 Å². The maximum Gasteiger partial charge on any atom is 0.166 e. The van der Waals surface area contributed by atoms with Crippen molar-refractivity contribution >= 4 is 6.29 Å². The Kier molecular flexibility index (Phi) is 1.60. The first-order chi connectivity index (χ1) is 3.84. The fourth-order valence-corrected chi connectivity index (χ4v) is 0.715. The van der Waals surface area contributed by atoms with Gasteiger partial charge in [-0.1, -0.05) is 0 Å². The molecule has 0 radical (unpaired) electrons. The van der Waals surface area contributed by atoms with Gasteiger partial charge < -0.3 is 4.74 Å². The van der Waals surface area contributed by atoms with Crippen LogP contribution in [0.3, 0.4) is 0 Å². The maximum atomic E-state index is 10.1. The number of carbonyl (C=O) groups is 1. The van der Waals surface area contributed by atoms with Crippen molar-refractivity contribution in [2.24, 2.45) is 0 Å². The second-order valence-corrected chi connectivity index (χ2v) is 1.88. The van der Waals surface area contributed by atoms with Gasteiger partial charge in [-0.15, -0.1) is 0 Å². The summed E-state index contributed by atoms with van der Waals surface area (Å²) in [5, 5.41) is 0. The summed E-state index contributed by atoms with van der Waals surface area (Å²) in [4.78, 5) is 11.9. The van der Waals surface area contributed by atoms with Crippen molar-refractivity contribution in [2.75, 3.05) is 20.2 Å². The van der Waals surface area contributed by atoms with E-state index in [4.69, 9.17) is 4.74 Å². The highest BCUT2D eigenvalue weighted by Crippen LogP contribution is 2.02. The molecule has 0 aromatic rings. The Bertz CT molecular complexity index is 94.4. The van der Waals surface area contributed by atoms with E-state index in [0.717, 1.165) is 12.8 Å². The van der Waals surface area contributed by atoms with Crippen molar-refractivity contribution in [3.63, 3.8) is 0 Å². The van der Waals surface area contributed by atoms with E-state index in [9.17, 15) is 4.79 Å². The van der Waals surface area contributed by atoms with E-state index >= 15 is 0 Å². The van der Waals surface area contributed by atoms with Crippen molar-refractivity contribution in [1.29, 1.82) is 0 Å². The minimum absolute atomic E-state index is 0.282. The summed E-state index contributed by atoms with van der Waals surface area (Å²) in [6.07, 6.45) is 0.530. The molecule has 0 spiro atoms. The monoisotopic (exact) mass is 115 g/mol. The Morgan fingerprint density at radius 2 is 2.62 bits per heavy atom. The predicted octanol–water partition coefficient (Wildman–Crippen LogP) is -0.527. The lowest BCUT2D eigenvalue weighted by Gasteiger charge is -2.09. The van der Waals surface area contributed by atoms with Crippen molar-refractivity contribution in [3.05, 3.63) is 0 Å². The number of rotatable bonds is 1. The van der Waals surface area contributed by atoms with E-state index in [0.29, 0.717) is 6.61 Å². The lowest BCUT2D eigenvalue weighted by atomic mass is 10.6. The molecule has 0 amide bonds. The molecule has 46 valence electrons. The van der Waals surface area contributed by atoms with E-state index < -0.39 is 0 Å². The summed E-state index contributed by atoms with van der Waals surface area (Å²) in [6, 6.07) is 0. The minimum atomic E-state index is -0.282. The third-order valence-corrected chi connectivity index (χ3v) is 1.28. The molecule has 3 nitrogen and oxygen atoms in total. The van der Waals surface area contributed by atoms with Gasteiger partial charge in [0.25, 0.3) is 0 Å². The Morgan fingerprint density at radius 1 is 1.88 bits per heavy atom. The molecule has 1 aliphatic rings. The number of carbonyl (C=O) groups excluding carboxylic acids is 1. The van der Waals surface area contributed by atoms with Gasteiger partial charge in [-0.05, 0) is 7.05 Å². The molecule has 1 atom stereocenters. The first-order valence-electron chi connectivity index (χ1n) is 2.62. The quantitative estimate of drug-likeness (QED) is 0.430. The average molecular weight is 115 g/mol. The summed E-state index contributed by atoms with van der Waals surface area (Å²) in [5.74, 6) is 0. The van der Waals surface area contributed by atoms with Gasteiger partial charge >= 0.3 is 0 Å². The normalized spacial score (nSPS) is 30.9. The smallest absolute Gasteiger partial charge is 0.166 e. The number of hydrogen-bond acceptors (Lipinski definition) is 3. The van der Waals surface area contributed by atoms with Crippen LogP contribution in [0.4, 0.5) is 0 Å². The van der Waals surface area contributed by atoms with Crippen LogP contribution < -0.4 is 0 Å². The van der Waals surface area contributed by atoms with E-state index in [1.165, 1.54) is 0 Å². The molecule has 1 fully saturated rings. The van der Waals surface area contributed by atoms with E-state index in [1.54, 1.807) is 0 Å². The third-order valence-electron chi connectivity index (χ3n) is 1.28. The zero-order valence-corrected chi connectivity index (χ0v) is 4.83.